The van der Waals surface area contributed by atoms with Gasteiger partial charge in [0.1, 0.15) is 0 Å². The lowest BCUT2D eigenvalue weighted by Gasteiger charge is -2.26. The van der Waals surface area contributed by atoms with Crippen LogP contribution in [-0.4, -0.2) is 44.2 Å². The fourth-order valence-electron chi connectivity index (χ4n) is 3.24. The normalized spacial score (nSPS) is 15.6. The van der Waals surface area contributed by atoms with Crippen LogP contribution in [0.1, 0.15) is 29.3 Å². The Morgan fingerprint density at radius 3 is 2.77 bits per heavy atom. The van der Waals surface area contributed by atoms with E-state index in [1.54, 1.807) is 18.4 Å². The third-order valence-electron chi connectivity index (χ3n) is 4.62. The molecule has 6 heteroatoms. The van der Waals surface area contributed by atoms with Gasteiger partial charge in [-0.25, -0.2) is 0 Å². The zero-order valence-corrected chi connectivity index (χ0v) is 16.2. The Morgan fingerprint density at radius 2 is 2.08 bits per heavy atom. The standard InChI is InChI=1S/C20H26N2O3S/c1-15-7-8-17(18(12-15)24-2)25-14-20(23)21-13-16(19-6-5-11-26-19)22-9-3-4-10-22/h5-8,11-12,16H,3-4,9-10,13-14H2,1-2H3,(H,21,23). The predicted molar refractivity (Wildman–Crippen MR) is 104 cm³/mol. The second kappa shape index (κ2) is 9.05. The van der Waals surface area contributed by atoms with Gasteiger partial charge in [0.15, 0.2) is 18.1 Å². The van der Waals surface area contributed by atoms with Crippen molar-refractivity contribution in [1.29, 1.82) is 0 Å². The van der Waals surface area contributed by atoms with Gasteiger partial charge in [0, 0.05) is 11.4 Å². The first kappa shape index (κ1) is 18.7. The largest absolute Gasteiger partial charge is 0.493 e. The maximum atomic E-state index is 12.3. The average molecular weight is 375 g/mol. The lowest BCUT2D eigenvalue weighted by Crippen LogP contribution is -2.38. The van der Waals surface area contributed by atoms with E-state index in [1.165, 1.54) is 17.7 Å². The molecule has 3 rings (SSSR count). The van der Waals surface area contributed by atoms with E-state index in [0.29, 0.717) is 18.0 Å². The molecular formula is C20H26N2O3S. The monoisotopic (exact) mass is 374 g/mol. The highest BCUT2D eigenvalue weighted by Gasteiger charge is 2.24. The molecule has 0 bridgehead atoms. The lowest BCUT2D eigenvalue weighted by molar-refractivity contribution is -0.123. The van der Waals surface area contributed by atoms with Crippen LogP contribution >= 0.6 is 11.3 Å². The van der Waals surface area contributed by atoms with Crippen LogP contribution in [0.4, 0.5) is 0 Å². The summed E-state index contributed by atoms with van der Waals surface area (Å²) in [5.41, 5.74) is 1.09. The van der Waals surface area contributed by atoms with Crippen molar-refractivity contribution in [3.8, 4) is 11.5 Å². The number of nitrogens with zero attached hydrogens (tertiary/aromatic N) is 1. The molecule has 1 N–H and O–H groups in total. The topological polar surface area (TPSA) is 50.8 Å². The number of ether oxygens (including phenoxy) is 2. The SMILES string of the molecule is COc1cc(C)ccc1OCC(=O)NCC(c1cccs1)N1CCCC1. The Labute approximate surface area is 158 Å². The van der Waals surface area contributed by atoms with Gasteiger partial charge in [-0.05, 0) is 62.0 Å². The van der Waals surface area contributed by atoms with E-state index in [-0.39, 0.29) is 18.6 Å². The first-order valence-corrected chi connectivity index (χ1v) is 9.87. The molecule has 1 aromatic heterocycles. The number of methoxy groups -OCH3 is 1. The summed E-state index contributed by atoms with van der Waals surface area (Å²) >= 11 is 1.75. The van der Waals surface area contributed by atoms with Gasteiger partial charge >= 0.3 is 0 Å². The van der Waals surface area contributed by atoms with Crippen LogP contribution in [0.3, 0.4) is 0 Å². The van der Waals surface area contributed by atoms with Crippen molar-refractivity contribution in [2.24, 2.45) is 0 Å². The van der Waals surface area contributed by atoms with Crippen molar-refractivity contribution in [3.63, 3.8) is 0 Å². The number of hydrogen-bond acceptors (Lipinski definition) is 5. The van der Waals surface area contributed by atoms with E-state index >= 15 is 0 Å². The van der Waals surface area contributed by atoms with Gasteiger partial charge in [0.2, 0.25) is 0 Å². The molecule has 2 heterocycles. The van der Waals surface area contributed by atoms with E-state index in [4.69, 9.17) is 9.47 Å². The Morgan fingerprint density at radius 1 is 1.27 bits per heavy atom. The van der Waals surface area contributed by atoms with Gasteiger partial charge in [-0.15, -0.1) is 11.3 Å². The van der Waals surface area contributed by atoms with Gasteiger partial charge in [-0.3, -0.25) is 9.69 Å². The highest BCUT2D eigenvalue weighted by molar-refractivity contribution is 7.10. The Hall–Kier alpha value is -2.05. The van der Waals surface area contributed by atoms with E-state index in [2.05, 4.69) is 27.7 Å². The Balaban J connectivity index is 1.54. The second-order valence-electron chi connectivity index (χ2n) is 6.52. The summed E-state index contributed by atoms with van der Waals surface area (Å²) < 4.78 is 11.0. The third kappa shape index (κ3) is 4.77. The summed E-state index contributed by atoms with van der Waals surface area (Å²) in [6.45, 7) is 4.76. The maximum Gasteiger partial charge on any atom is 0.258 e. The number of likely N-dealkylation sites (tertiary alicyclic amines) is 1. The van der Waals surface area contributed by atoms with Crippen molar-refractivity contribution in [2.75, 3.05) is 33.4 Å². The number of nitrogens with one attached hydrogen (secondary N) is 1. The summed E-state index contributed by atoms with van der Waals surface area (Å²) in [7, 11) is 1.60. The summed E-state index contributed by atoms with van der Waals surface area (Å²) in [6.07, 6.45) is 2.46. The minimum absolute atomic E-state index is 0.0173. The quantitative estimate of drug-likeness (QED) is 0.769. The smallest absolute Gasteiger partial charge is 0.258 e. The number of carbonyl (C=O) groups is 1. The Bertz CT molecular complexity index is 712. The molecule has 1 unspecified atom stereocenters. The summed E-state index contributed by atoms with van der Waals surface area (Å²) in [5.74, 6) is 1.11. The molecule has 0 radical (unpaired) electrons. The molecule has 1 aliphatic rings. The van der Waals surface area contributed by atoms with Crippen LogP contribution in [0.5, 0.6) is 11.5 Å². The lowest BCUT2D eigenvalue weighted by atomic mass is 10.2. The van der Waals surface area contributed by atoms with Gasteiger partial charge in [0.25, 0.3) is 5.91 Å². The summed E-state index contributed by atoms with van der Waals surface area (Å²) in [6, 6.07) is 10.1. The van der Waals surface area contributed by atoms with Gasteiger partial charge in [-0.2, -0.15) is 0 Å². The number of thiophene rings is 1. The van der Waals surface area contributed by atoms with Crippen LogP contribution in [0.2, 0.25) is 0 Å². The van der Waals surface area contributed by atoms with Crippen molar-refractivity contribution < 1.29 is 14.3 Å². The number of aryl methyl sites for hydroxylation is 1. The highest BCUT2D eigenvalue weighted by atomic mass is 32.1. The van der Waals surface area contributed by atoms with Crippen LogP contribution in [0.25, 0.3) is 0 Å². The molecule has 1 atom stereocenters. The van der Waals surface area contributed by atoms with Crippen molar-refractivity contribution in [2.45, 2.75) is 25.8 Å². The molecule has 1 amide bonds. The maximum absolute atomic E-state index is 12.3. The van der Waals surface area contributed by atoms with Crippen LogP contribution in [-0.2, 0) is 4.79 Å². The average Bonchev–Trinajstić information content (AvgIpc) is 3.35. The molecule has 26 heavy (non-hydrogen) atoms. The molecule has 1 aliphatic heterocycles. The van der Waals surface area contributed by atoms with Crippen molar-refractivity contribution in [1.82, 2.24) is 10.2 Å². The van der Waals surface area contributed by atoms with Crippen molar-refractivity contribution in [3.05, 3.63) is 46.2 Å². The first-order chi connectivity index (χ1) is 12.7. The molecule has 140 valence electrons. The molecule has 1 fully saturated rings. The van der Waals surface area contributed by atoms with Crippen LogP contribution in [0.15, 0.2) is 35.7 Å². The summed E-state index contributed by atoms with van der Waals surface area (Å²) in [4.78, 5) is 16.0. The van der Waals surface area contributed by atoms with E-state index in [1.807, 2.05) is 25.1 Å². The summed E-state index contributed by atoms with van der Waals surface area (Å²) in [5, 5.41) is 5.12. The number of rotatable bonds is 8. The molecular weight excluding hydrogens is 348 g/mol. The van der Waals surface area contributed by atoms with Crippen molar-refractivity contribution >= 4 is 17.2 Å². The molecule has 1 saturated heterocycles. The highest BCUT2D eigenvalue weighted by Crippen LogP contribution is 2.29. The van der Waals surface area contributed by atoms with Crippen LogP contribution < -0.4 is 14.8 Å². The molecule has 0 saturated carbocycles. The van der Waals surface area contributed by atoms with Gasteiger partial charge in [-0.1, -0.05) is 12.1 Å². The second-order valence-corrected chi connectivity index (χ2v) is 7.50. The number of hydrogen-bond donors (Lipinski definition) is 1. The fourth-order valence-corrected chi connectivity index (χ4v) is 4.10. The van der Waals surface area contributed by atoms with Crippen LogP contribution in [0, 0.1) is 6.92 Å². The molecule has 2 aromatic rings. The molecule has 5 nitrogen and oxygen atoms in total. The third-order valence-corrected chi connectivity index (χ3v) is 5.60. The minimum Gasteiger partial charge on any atom is -0.493 e. The predicted octanol–water partition coefficient (Wildman–Crippen LogP) is 3.40. The number of amides is 1. The van der Waals surface area contributed by atoms with E-state index in [9.17, 15) is 4.79 Å². The zero-order valence-electron chi connectivity index (χ0n) is 15.4. The zero-order chi connectivity index (χ0) is 18.4. The van der Waals surface area contributed by atoms with E-state index in [0.717, 1.165) is 18.7 Å². The number of carbonyl (C=O) groups excluding carboxylic acids is 1. The molecule has 1 aromatic carbocycles. The van der Waals surface area contributed by atoms with Gasteiger partial charge < -0.3 is 14.8 Å². The minimum atomic E-state index is -0.117. The Kier molecular flexibility index (Phi) is 6.52. The molecule has 0 spiro atoms. The first-order valence-electron chi connectivity index (χ1n) is 8.99. The fraction of sp³-hybridized carbons (Fsp3) is 0.450. The van der Waals surface area contributed by atoms with Gasteiger partial charge in [0.05, 0.1) is 13.2 Å². The van der Waals surface area contributed by atoms with E-state index < -0.39 is 0 Å². The number of benzene rings is 1. The molecule has 0 aliphatic carbocycles.